The summed E-state index contributed by atoms with van der Waals surface area (Å²) in [5.74, 6) is 0. The van der Waals surface area contributed by atoms with Gasteiger partial charge in [0.15, 0.2) is 0 Å². The number of rotatable bonds is 7. The number of ether oxygens (including phenoxy) is 1. The summed E-state index contributed by atoms with van der Waals surface area (Å²) in [7, 11) is 0. The van der Waals surface area contributed by atoms with E-state index in [0.717, 1.165) is 32.6 Å². The maximum Gasteiger partial charge on any atom is 0.0578 e. The molecule has 3 rings (SSSR count). The van der Waals surface area contributed by atoms with Crippen LogP contribution in [0.5, 0.6) is 0 Å². The van der Waals surface area contributed by atoms with E-state index in [1.54, 1.807) is 0 Å². The molecule has 2 N–H and O–H groups in total. The monoisotopic (exact) mass is 312 g/mol. The van der Waals surface area contributed by atoms with Crippen LogP contribution in [0, 0.1) is 5.41 Å². The second-order valence-corrected chi connectivity index (χ2v) is 6.28. The Morgan fingerprint density at radius 2 is 1.87 bits per heavy atom. The van der Waals surface area contributed by atoms with E-state index in [1.807, 2.05) is 18.5 Å². The second-order valence-electron chi connectivity index (χ2n) is 6.28. The Bertz CT molecular complexity index is 543. The van der Waals surface area contributed by atoms with Crippen LogP contribution in [0.4, 0.5) is 0 Å². The van der Waals surface area contributed by atoms with Gasteiger partial charge in [-0.2, -0.15) is 0 Å². The normalized spacial score (nSPS) is 22.1. The van der Waals surface area contributed by atoms with Crippen molar-refractivity contribution in [3.05, 3.63) is 66.0 Å². The van der Waals surface area contributed by atoms with Gasteiger partial charge in [-0.15, -0.1) is 0 Å². The first kappa shape index (κ1) is 16.1. The molecule has 1 aromatic heterocycles. The average molecular weight is 312 g/mol. The highest BCUT2D eigenvalue weighted by atomic mass is 16.5. The van der Waals surface area contributed by atoms with E-state index in [9.17, 15) is 5.11 Å². The molecular weight excluding hydrogens is 288 g/mol. The number of aliphatic hydroxyl groups is 1. The van der Waals surface area contributed by atoms with Gasteiger partial charge in [0.2, 0.25) is 0 Å². The summed E-state index contributed by atoms with van der Waals surface area (Å²) in [4.78, 5) is 4.12. The first-order valence-electron chi connectivity index (χ1n) is 8.20. The summed E-state index contributed by atoms with van der Waals surface area (Å²) in [6.07, 6.45) is 5.43. The molecule has 0 radical (unpaired) electrons. The number of aromatic nitrogens is 1. The van der Waals surface area contributed by atoms with Crippen molar-refractivity contribution in [1.29, 1.82) is 0 Å². The minimum Gasteiger partial charge on any atom is -0.396 e. The summed E-state index contributed by atoms with van der Waals surface area (Å²) in [5, 5.41) is 13.1. The van der Waals surface area contributed by atoms with Crippen LogP contribution in [-0.4, -0.2) is 36.5 Å². The Morgan fingerprint density at radius 3 is 2.52 bits per heavy atom. The third kappa shape index (κ3) is 3.96. The van der Waals surface area contributed by atoms with Gasteiger partial charge in [-0.3, -0.25) is 4.98 Å². The van der Waals surface area contributed by atoms with Crippen molar-refractivity contribution in [3.63, 3.8) is 0 Å². The van der Waals surface area contributed by atoms with Gasteiger partial charge in [-0.05, 0) is 36.1 Å². The molecule has 1 fully saturated rings. The molecule has 0 spiro atoms. The zero-order valence-electron chi connectivity index (χ0n) is 13.3. The lowest BCUT2D eigenvalue weighted by Crippen LogP contribution is -2.38. The molecule has 4 nitrogen and oxygen atoms in total. The number of nitrogens with one attached hydrogen (secondary N) is 1. The van der Waals surface area contributed by atoms with Gasteiger partial charge >= 0.3 is 0 Å². The lowest BCUT2D eigenvalue weighted by molar-refractivity contribution is 0.123. The second kappa shape index (κ2) is 7.68. The van der Waals surface area contributed by atoms with Crippen molar-refractivity contribution >= 4 is 0 Å². The highest BCUT2D eigenvalue weighted by molar-refractivity contribution is 5.30. The fourth-order valence-electron chi connectivity index (χ4n) is 3.26. The molecule has 1 aliphatic rings. The van der Waals surface area contributed by atoms with Crippen LogP contribution in [0.3, 0.4) is 0 Å². The van der Waals surface area contributed by atoms with Crippen molar-refractivity contribution in [2.24, 2.45) is 5.41 Å². The van der Waals surface area contributed by atoms with Gasteiger partial charge in [-0.1, -0.05) is 30.3 Å². The van der Waals surface area contributed by atoms with Gasteiger partial charge in [0.1, 0.15) is 0 Å². The summed E-state index contributed by atoms with van der Waals surface area (Å²) in [6, 6.07) is 14.7. The average Bonchev–Trinajstić information content (AvgIpc) is 3.06. The molecule has 2 aromatic rings. The molecule has 4 heteroatoms. The third-order valence-electron chi connectivity index (χ3n) is 4.68. The lowest BCUT2D eigenvalue weighted by Gasteiger charge is -2.30. The molecule has 23 heavy (non-hydrogen) atoms. The van der Waals surface area contributed by atoms with Crippen molar-refractivity contribution in [3.8, 4) is 0 Å². The minimum atomic E-state index is 0.0365. The molecule has 1 aliphatic heterocycles. The number of hydrogen-bond acceptors (Lipinski definition) is 4. The van der Waals surface area contributed by atoms with Crippen LogP contribution in [0.15, 0.2) is 54.9 Å². The van der Waals surface area contributed by atoms with E-state index in [-0.39, 0.29) is 18.1 Å². The SMILES string of the molecule is OCCC1(CNC(c2ccccc2)c2ccncc2)CCOC1. The minimum absolute atomic E-state index is 0.0365. The quantitative estimate of drug-likeness (QED) is 0.825. The molecule has 2 heterocycles. The van der Waals surface area contributed by atoms with Crippen LogP contribution < -0.4 is 5.32 Å². The van der Waals surface area contributed by atoms with Crippen molar-refractivity contribution in [2.75, 3.05) is 26.4 Å². The van der Waals surface area contributed by atoms with E-state index < -0.39 is 0 Å². The fourth-order valence-corrected chi connectivity index (χ4v) is 3.26. The highest BCUT2D eigenvalue weighted by Crippen LogP contribution is 2.33. The number of pyridine rings is 1. The van der Waals surface area contributed by atoms with Gasteiger partial charge < -0.3 is 15.2 Å². The summed E-state index contributed by atoms with van der Waals surface area (Å²) >= 11 is 0. The van der Waals surface area contributed by atoms with E-state index in [1.165, 1.54) is 11.1 Å². The first-order chi connectivity index (χ1) is 11.3. The Kier molecular flexibility index (Phi) is 5.39. The maximum absolute atomic E-state index is 9.40. The largest absolute Gasteiger partial charge is 0.396 e. The van der Waals surface area contributed by atoms with Gasteiger partial charge in [0.05, 0.1) is 12.6 Å². The molecule has 0 amide bonds. The van der Waals surface area contributed by atoms with E-state index in [2.05, 4.69) is 46.7 Å². The van der Waals surface area contributed by atoms with Crippen molar-refractivity contribution in [1.82, 2.24) is 10.3 Å². The predicted octanol–water partition coefficient (Wildman–Crippen LogP) is 2.55. The Hall–Kier alpha value is -1.75. The fraction of sp³-hybridized carbons (Fsp3) is 0.421. The Morgan fingerprint density at radius 1 is 1.13 bits per heavy atom. The number of aliphatic hydroxyl groups excluding tert-OH is 1. The van der Waals surface area contributed by atoms with E-state index in [0.29, 0.717) is 0 Å². The number of benzene rings is 1. The van der Waals surface area contributed by atoms with E-state index >= 15 is 0 Å². The Balaban J connectivity index is 1.79. The van der Waals surface area contributed by atoms with Gasteiger partial charge in [-0.25, -0.2) is 0 Å². The van der Waals surface area contributed by atoms with Crippen LogP contribution in [-0.2, 0) is 4.74 Å². The van der Waals surface area contributed by atoms with Crippen LogP contribution in [0.1, 0.15) is 30.0 Å². The lowest BCUT2D eigenvalue weighted by atomic mass is 9.83. The molecular formula is C19H24N2O2. The first-order valence-corrected chi connectivity index (χ1v) is 8.20. The Labute approximate surface area is 137 Å². The smallest absolute Gasteiger partial charge is 0.0578 e. The zero-order chi connectivity index (χ0) is 16.0. The molecule has 0 aliphatic carbocycles. The number of hydrogen-bond donors (Lipinski definition) is 2. The van der Waals surface area contributed by atoms with Crippen molar-refractivity contribution < 1.29 is 9.84 Å². The highest BCUT2D eigenvalue weighted by Gasteiger charge is 2.35. The molecule has 1 aromatic carbocycles. The zero-order valence-corrected chi connectivity index (χ0v) is 13.3. The van der Waals surface area contributed by atoms with Crippen LogP contribution in [0.25, 0.3) is 0 Å². The summed E-state index contributed by atoms with van der Waals surface area (Å²) in [6.45, 7) is 2.54. The molecule has 1 saturated heterocycles. The molecule has 0 bridgehead atoms. The maximum atomic E-state index is 9.40. The van der Waals surface area contributed by atoms with Gasteiger partial charge in [0, 0.05) is 37.6 Å². The van der Waals surface area contributed by atoms with Crippen molar-refractivity contribution in [2.45, 2.75) is 18.9 Å². The predicted molar refractivity (Wildman–Crippen MR) is 90.1 cm³/mol. The topological polar surface area (TPSA) is 54.4 Å². The standard InChI is InChI=1S/C19H24N2O2/c22-12-8-19(9-13-23-15-19)14-21-18(16-4-2-1-3-5-16)17-6-10-20-11-7-17/h1-7,10-11,18,21-22H,8-9,12-15H2. The number of nitrogens with zero attached hydrogens (tertiary/aromatic N) is 1. The van der Waals surface area contributed by atoms with Gasteiger partial charge in [0.25, 0.3) is 0 Å². The molecule has 0 saturated carbocycles. The molecule has 2 atom stereocenters. The van der Waals surface area contributed by atoms with E-state index in [4.69, 9.17) is 4.74 Å². The molecule has 122 valence electrons. The van der Waals surface area contributed by atoms with Crippen LogP contribution >= 0.6 is 0 Å². The summed E-state index contributed by atoms with van der Waals surface area (Å²) in [5.41, 5.74) is 2.47. The van der Waals surface area contributed by atoms with Crippen LogP contribution in [0.2, 0.25) is 0 Å². The molecule has 2 unspecified atom stereocenters. The summed E-state index contributed by atoms with van der Waals surface area (Å²) < 4.78 is 5.60. The third-order valence-corrected chi connectivity index (χ3v) is 4.68.